The van der Waals surface area contributed by atoms with Gasteiger partial charge in [-0.3, -0.25) is 4.79 Å². The van der Waals surface area contributed by atoms with Gasteiger partial charge in [0.15, 0.2) is 0 Å². The van der Waals surface area contributed by atoms with E-state index >= 15 is 0 Å². The van der Waals surface area contributed by atoms with Crippen LogP contribution in [-0.4, -0.2) is 35.4 Å². The number of hydrogen-bond acceptors (Lipinski definition) is 4. The Morgan fingerprint density at radius 2 is 2.24 bits per heavy atom. The number of aromatic nitrogens is 1. The Hall–Kier alpha value is -0.940. The van der Waals surface area contributed by atoms with Gasteiger partial charge in [-0.15, -0.1) is 11.3 Å². The fourth-order valence-electron chi connectivity index (χ4n) is 2.07. The van der Waals surface area contributed by atoms with Gasteiger partial charge in [0.2, 0.25) is 5.91 Å². The van der Waals surface area contributed by atoms with Gasteiger partial charge in [0.1, 0.15) is 5.01 Å². The average molecular weight is 253 g/mol. The van der Waals surface area contributed by atoms with E-state index in [0.717, 1.165) is 37.6 Å². The van der Waals surface area contributed by atoms with E-state index in [0.29, 0.717) is 6.42 Å². The zero-order chi connectivity index (χ0) is 12.3. The Bertz CT molecular complexity index is 375. The molecule has 1 N–H and O–H groups in total. The minimum atomic E-state index is 0.189. The molecule has 4 nitrogen and oxygen atoms in total. The second-order valence-corrected chi connectivity index (χ2v) is 5.32. The van der Waals surface area contributed by atoms with Crippen molar-refractivity contribution in [1.82, 2.24) is 15.2 Å². The van der Waals surface area contributed by atoms with Crippen molar-refractivity contribution in [1.29, 1.82) is 0 Å². The van der Waals surface area contributed by atoms with Gasteiger partial charge in [0.25, 0.3) is 0 Å². The van der Waals surface area contributed by atoms with E-state index in [1.165, 1.54) is 10.6 Å². The highest BCUT2D eigenvalue weighted by Gasteiger charge is 2.18. The topological polar surface area (TPSA) is 45.2 Å². The molecule has 94 valence electrons. The first-order valence-electron chi connectivity index (χ1n) is 6.20. The summed E-state index contributed by atoms with van der Waals surface area (Å²) in [6, 6.07) is 0. The molecule has 0 atom stereocenters. The number of nitrogens with one attached hydrogen (secondary N) is 1. The maximum Gasteiger partial charge on any atom is 0.229 e. The molecule has 0 fully saturated rings. The number of carbonyl (C=O) groups excluding carboxylic acids is 1. The summed E-state index contributed by atoms with van der Waals surface area (Å²) in [7, 11) is 0. The highest BCUT2D eigenvalue weighted by atomic mass is 32.1. The maximum atomic E-state index is 12.0. The number of amides is 1. The predicted octanol–water partition coefficient (Wildman–Crippen LogP) is 1.20. The predicted molar refractivity (Wildman–Crippen MR) is 69.2 cm³/mol. The second-order valence-electron chi connectivity index (χ2n) is 4.15. The van der Waals surface area contributed by atoms with Gasteiger partial charge in [-0.2, -0.15) is 0 Å². The normalized spacial score (nSPS) is 14.5. The van der Waals surface area contributed by atoms with E-state index in [9.17, 15) is 4.79 Å². The standard InChI is InChI=1S/C12H19N3OS/c1-3-15(4-2)12(16)7-11-14-9-5-6-13-8-10(9)17-11/h13H,3-8H2,1-2H3. The van der Waals surface area contributed by atoms with E-state index < -0.39 is 0 Å². The summed E-state index contributed by atoms with van der Waals surface area (Å²) in [6.45, 7) is 7.49. The van der Waals surface area contributed by atoms with E-state index in [-0.39, 0.29) is 5.91 Å². The Labute approximate surface area is 106 Å². The van der Waals surface area contributed by atoms with Crippen molar-refractivity contribution in [2.45, 2.75) is 33.2 Å². The van der Waals surface area contributed by atoms with Gasteiger partial charge in [-0.25, -0.2) is 4.98 Å². The number of thiazole rings is 1. The van der Waals surface area contributed by atoms with Crippen LogP contribution in [0.2, 0.25) is 0 Å². The van der Waals surface area contributed by atoms with E-state index in [1.54, 1.807) is 11.3 Å². The van der Waals surface area contributed by atoms with Crippen LogP contribution in [0.15, 0.2) is 0 Å². The van der Waals surface area contributed by atoms with Crippen LogP contribution < -0.4 is 5.32 Å². The number of hydrogen-bond donors (Lipinski definition) is 1. The Kier molecular flexibility index (Phi) is 4.12. The van der Waals surface area contributed by atoms with Crippen molar-refractivity contribution in [3.8, 4) is 0 Å². The molecule has 0 saturated heterocycles. The monoisotopic (exact) mass is 253 g/mol. The molecule has 0 aliphatic carbocycles. The lowest BCUT2D eigenvalue weighted by molar-refractivity contribution is -0.130. The third-order valence-corrected chi connectivity index (χ3v) is 4.16. The summed E-state index contributed by atoms with van der Waals surface area (Å²) < 4.78 is 0. The van der Waals surface area contributed by atoms with Gasteiger partial charge in [0, 0.05) is 37.5 Å². The van der Waals surface area contributed by atoms with Crippen LogP contribution in [-0.2, 0) is 24.2 Å². The molecule has 0 bridgehead atoms. The summed E-state index contributed by atoms with van der Waals surface area (Å²) in [4.78, 5) is 19.7. The Balaban J connectivity index is 2.03. The highest BCUT2D eigenvalue weighted by Crippen LogP contribution is 2.22. The number of likely N-dealkylation sites (N-methyl/N-ethyl adjacent to an activating group) is 1. The molecule has 1 aliphatic rings. The highest BCUT2D eigenvalue weighted by molar-refractivity contribution is 7.11. The molecular weight excluding hydrogens is 234 g/mol. The molecule has 2 heterocycles. The maximum absolute atomic E-state index is 12.0. The average Bonchev–Trinajstić information content (AvgIpc) is 2.72. The van der Waals surface area contributed by atoms with Crippen LogP contribution in [0.5, 0.6) is 0 Å². The molecule has 0 radical (unpaired) electrons. The summed E-state index contributed by atoms with van der Waals surface area (Å²) in [5, 5.41) is 4.30. The smallest absolute Gasteiger partial charge is 0.229 e. The zero-order valence-corrected chi connectivity index (χ0v) is 11.3. The van der Waals surface area contributed by atoms with Crippen LogP contribution in [0.25, 0.3) is 0 Å². The largest absolute Gasteiger partial charge is 0.343 e. The molecule has 0 aromatic carbocycles. The van der Waals surface area contributed by atoms with Crippen LogP contribution >= 0.6 is 11.3 Å². The van der Waals surface area contributed by atoms with Crippen molar-refractivity contribution in [3.63, 3.8) is 0 Å². The second kappa shape index (κ2) is 5.60. The SMILES string of the molecule is CCN(CC)C(=O)Cc1nc2c(s1)CNCC2. The van der Waals surface area contributed by atoms with E-state index in [2.05, 4.69) is 10.3 Å². The molecule has 1 aromatic rings. The first-order chi connectivity index (χ1) is 8.24. The molecule has 1 aliphatic heterocycles. The lowest BCUT2D eigenvalue weighted by Gasteiger charge is -2.17. The number of nitrogens with zero attached hydrogens (tertiary/aromatic N) is 2. The summed E-state index contributed by atoms with van der Waals surface area (Å²) >= 11 is 1.68. The lowest BCUT2D eigenvalue weighted by Crippen LogP contribution is -2.31. The van der Waals surface area contributed by atoms with Crippen LogP contribution in [0.3, 0.4) is 0 Å². The molecule has 0 unspecified atom stereocenters. The summed E-state index contributed by atoms with van der Waals surface area (Å²) in [6.07, 6.45) is 1.45. The summed E-state index contributed by atoms with van der Waals surface area (Å²) in [5.74, 6) is 0.189. The van der Waals surface area contributed by atoms with Gasteiger partial charge < -0.3 is 10.2 Å². The third-order valence-electron chi connectivity index (χ3n) is 3.07. The van der Waals surface area contributed by atoms with Gasteiger partial charge in [-0.05, 0) is 13.8 Å². The lowest BCUT2D eigenvalue weighted by atomic mass is 10.2. The van der Waals surface area contributed by atoms with Gasteiger partial charge in [-0.1, -0.05) is 0 Å². The molecule has 1 amide bonds. The number of rotatable bonds is 4. The van der Waals surface area contributed by atoms with Gasteiger partial charge in [0.05, 0.1) is 12.1 Å². The molecule has 0 saturated carbocycles. The number of carbonyl (C=O) groups is 1. The minimum Gasteiger partial charge on any atom is -0.343 e. The van der Waals surface area contributed by atoms with E-state index in [1.807, 2.05) is 18.7 Å². The van der Waals surface area contributed by atoms with Crippen molar-refractivity contribution >= 4 is 17.2 Å². The molecule has 5 heteroatoms. The van der Waals surface area contributed by atoms with Crippen LogP contribution in [0, 0.1) is 0 Å². The first-order valence-corrected chi connectivity index (χ1v) is 7.02. The minimum absolute atomic E-state index is 0.189. The molecule has 17 heavy (non-hydrogen) atoms. The Morgan fingerprint density at radius 1 is 1.47 bits per heavy atom. The zero-order valence-electron chi connectivity index (χ0n) is 10.5. The molecular formula is C12H19N3OS. The number of fused-ring (bicyclic) bond motifs is 1. The van der Waals surface area contributed by atoms with Gasteiger partial charge >= 0.3 is 0 Å². The van der Waals surface area contributed by atoms with E-state index in [4.69, 9.17) is 0 Å². The first kappa shape index (κ1) is 12.5. The van der Waals surface area contributed by atoms with Crippen molar-refractivity contribution in [2.75, 3.05) is 19.6 Å². The van der Waals surface area contributed by atoms with Crippen LogP contribution in [0.4, 0.5) is 0 Å². The van der Waals surface area contributed by atoms with Crippen molar-refractivity contribution in [2.24, 2.45) is 0 Å². The van der Waals surface area contributed by atoms with Crippen molar-refractivity contribution in [3.05, 3.63) is 15.6 Å². The fourth-order valence-corrected chi connectivity index (χ4v) is 3.15. The third kappa shape index (κ3) is 2.84. The molecule has 0 spiro atoms. The molecule has 2 rings (SSSR count). The Morgan fingerprint density at radius 3 is 2.88 bits per heavy atom. The van der Waals surface area contributed by atoms with Crippen molar-refractivity contribution < 1.29 is 4.79 Å². The molecule has 1 aromatic heterocycles. The fraction of sp³-hybridized carbons (Fsp3) is 0.667. The van der Waals surface area contributed by atoms with Crippen LogP contribution in [0.1, 0.15) is 29.4 Å². The summed E-state index contributed by atoms with van der Waals surface area (Å²) in [5.41, 5.74) is 1.19. The quantitative estimate of drug-likeness (QED) is 0.877.